The highest BCUT2D eigenvalue weighted by Crippen LogP contribution is 2.28. The zero-order valence-electron chi connectivity index (χ0n) is 11.4. The Labute approximate surface area is 118 Å². The van der Waals surface area contributed by atoms with Crippen LogP contribution < -0.4 is 15.8 Å². The molecule has 1 aromatic carbocycles. The molecule has 5 nitrogen and oxygen atoms in total. The van der Waals surface area contributed by atoms with Crippen molar-refractivity contribution < 1.29 is 14.3 Å². The third-order valence-electron chi connectivity index (χ3n) is 3.86. The Morgan fingerprint density at radius 2 is 2.30 bits per heavy atom. The first-order valence-electron chi connectivity index (χ1n) is 7.16. The fourth-order valence-corrected chi connectivity index (χ4v) is 2.75. The van der Waals surface area contributed by atoms with Crippen molar-refractivity contribution in [2.45, 2.75) is 31.4 Å². The van der Waals surface area contributed by atoms with Crippen molar-refractivity contribution in [1.29, 1.82) is 0 Å². The third kappa shape index (κ3) is 2.78. The lowest BCUT2D eigenvalue weighted by Gasteiger charge is -2.17. The molecule has 0 aliphatic carbocycles. The van der Waals surface area contributed by atoms with Crippen molar-refractivity contribution in [3.63, 3.8) is 0 Å². The molecule has 2 atom stereocenters. The fourth-order valence-electron chi connectivity index (χ4n) is 2.75. The number of hydrogen-bond donors (Lipinski definition) is 2. The summed E-state index contributed by atoms with van der Waals surface area (Å²) in [5.74, 6) is 0.539. The summed E-state index contributed by atoms with van der Waals surface area (Å²) in [6, 6.07) is 5.51. The highest BCUT2D eigenvalue weighted by Gasteiger charge is 2.22. The molecule has 2 unspecified atom stereocenters. The molecule has 3 rings (SSSR count). The minimum absolute atomic E-state index is 0.0938. The zero-order chi connectivity index (χ0) is 13.9. The van der Waals surface area contributed by atoms with Crippen molar-refractivity contribution in [2.24, 2.45) is 5.73 Å². The van der Waals surface area contributed by atoms with E-state index < -0.39 is 0 Å². The Bertz CT molecular complexity index is 498. The van der Waals surface area contributed by atoms with Gasteiger partial charge in [-0.05, 0) is 37.0 Å². The molecule has 108 valence electrons. The molecule has 2 aliphatic rings. The number of amides is 1. The second-order valence-corrected chi connectivity index (χ2v) is 5.34. The molecule has 0 saturated carbocycles. The number of nitrogens with two attached hydrogens (primary N) is 1. The standard InChI is InChI=1S/C15H20N2O3/c16-13(9-11-2-1-6-19-11)10-3-4-14-12(8-10)15(18)17-5-7-20-14/h3-4,8,11,13H,1-2,5-7,9,16H2,(H,17,18). The zero-order valence-corrected chi connectivity index (χ0v) is 11.4. The Morgan fingerprint density at radius 3 is 3.10 bits per heavy atom. The molecule has 2 heterocycles. The molecule has 1 amide bonds. The fraction of sp³-hybridized carbons (Fsp3) is 0.533. The number of ether oxygens (including phenoxy) is 2. The molecular formula is C15H20N2O3. The van der Waals surface area contributed by atoms with E-state index in [1.54, 1.807) is 0 Å². The molecule has 1 aromatic rings. The van der Waals surface area contributed by atoms with Crippen LogP contribution in [0.5, 0.6) is 5.75 Å². The Kier molecular flexibility index (Phi) is 3.89. The third-order valence-corrected chi connectivity index (χ3v) is 3.86. The largest absolute Gasteiger partial charge is 0.491 e. The van der Waals surface area contributed by atoms with E-state index >= 15 is 0 Å². The molecule has 0 aromatic heterocycles. The van der Waals surface area contributed by atoms with Gasteiger partial charge in [-0.25, -0.2) is 0 Å². The van der Waals surface area contributed by atoms with Gasteiger partial charge in [-0.3, -0.25) is 4.79 Å². The first kappa shape index (κ1) is 13.4. The van der Waals surface area contributed by atoms with Gasteiger partial charge in [-0.15, -0.1) is 0 Å². The molecule has 1 fully saturated rings. The number of benzene rings is 1. The van der Waals surface area contributed by atoms with Crippen molar-refractivity contribution in [3.8, 4) is 5.75 Å². The van der Waals surface area contributed by atoms with Gasteiger partial charge < -0.3 is 20.5 Å². The highest BCUT2D eigenvalue weighted by molar-refractivity contribution is 5.97. The minimum Gasteiger partial charge on any atom is -0.491 e. The number of fused-ring (bicyclic) bond motifs is 1. The van der Waals surface area contributed by atoms with E-state index in [2.05, 4.69) is 5.32 Å². The maximum absolute atomic E-state index is 12.0. The summed E-state index contributed by atoms with van der Waals surface area (Å²) >= 11 is 0. The van der Waals surface area contributed by atoms with E-state index in [-0.39, 0.29) is 18.1 Å². The van der Waals surface area contributed by atoms with Crippen molar-refractivity contribution in [3.05, 3.63) is 29.3 Å². The first-order valence-corrected chi connectivity index (χ1v) is 7.16. The average molecular weight is 276 g/mol. The van der Waals surface area contributed by atoms with Gasteiger partial charge in [0.2, 0.25) is 0 Å². The van der Waals surface area contributed by atoms with E-state index in [1.807, 2.05) is 18.2 Å². The summed E-state index contributed by atoms with van der Waals surface area (Å²) < 4.78 is 11.2. The van der Waals surface area contributed by atoms with Crippen LogP contribution in [0.3, 0.4) is 0 Å². The maximum atomic E-state index is 12.0. The highest BCUT2D eigenvalue weighted by atomic mass is 16.5. The van der Waals surface area contributed by atoms with Crippen LogP contribution in [0.15, 0.2) is 18.2 Å². The van der Waals surface area contributed by atoms with Gasteiger partial charge in [0.25, 0.3) is 5.91 Å². The van der Waals surface area contributed by atoms with Gasteiger partial charge in [0.1, 0.15) is 12.4 Å². The number of carbonyl (C=O) groups excluding carboxylic acids is 1. The van der Waals surface area contributed by atoms with Crippen LogP contribution in [0, 0.1) is 0 Å². The quantitative estimate of drug-likeness (QED) is 0.874. The van der Waals surface area contributed by atoms with Crippen LogP contribution in [0.2, 0.25) is 0 Å². The van der Waals surface area contributed by atoms with Crippen LogP contribution in [-0.2, 0) is 4.74 Å². The van der Waals surface area contributed by atoms with Gasteiger partial charge in [-0.1, -0.05) is 6.07 Å². The lowest BCUT2D eigenvalue weighted by Crippen LogP contribution is -2.24. The normalized spacial score (nSPS) is 23.4. The minimum atomic E-state index is -0.112. The van der Waals surface area contributed by atoms with E-state index in [0.29, 0.717) is 24.5 Å². The van der Waals surface area contributed by atoms with Gasteiger partial charge in [-0.2, -0.15) is 0 Å². The second kappa shape index (κ2) is 5.81. The molecule has 0 radical (unpaired) electrons. The summed E-state index contributed by atoms with van der Waals surface area (Å²) in [5, 5.41) is 2.81. The number of carbonyl (C=O) groups is 1. The van der Waals surface area contributed by atoms with Gasteiger partial charge in [0.05, 0.1) is 18.2 Å². The topological polar surface area (TPSA) is 73.6 Å². The number of rotatable bonds is 3. The lowest BCUT2D eigenvalue weighted by atomic mass is 9.98. The predicted molar refractivity (Wildman–Crippen MR) is 74.8 cm³/mol. The van der Waals surface area contributed by atoms with E-state index in [9.17, 15) is 4.79 Å². The molecule has 2 aliphatic heterocycles. The van der Waals surface area contributed by atoms with Crippen LogP contribution in [0.1, 0.15) is 41.2 Å². The van der Waals surface area contributed by atoms with Crippen LogP contribution >= 0.6 is 0 Å². The summed E-state index contributed by atoms with van der Waals surface area (Å²) in [6.45, 7) is 1.86. The molecule has 0 spiro atoms. The molecule has 3 N–H and O–H groups in total. The van der Waals surface area contributed by atoms with Crippen LogP contribution in [-0.4, -0.2) is 31.8 Å². The summed E-state index contributed by atoms with van der Waals surface area (Å²) in [6.07, 6.45) is 3.22. The van der Waals surface area contributed by atoms with Crippen molar-refractivity contribution in [1.82, 2.24) is 5.32 Å². The number of hydrogen-bond acceptors (Lipinski definition) is 4. The number of nitrogens with one attached hydrogen (secondary N) is 1. The molecule has 0 bridgehead atoms. The molecule has 20 heavy (non-hydrogen) atoms. The lowest BCUT2D eigenvalue weighted by molar-refractivity contribution is 0.0957. The summed E-state index contributed by atoms with van der Waals surface area (Å²) in [5.41, 5.74) is 7.77. The van der Waals surface area contributed by atoms with Crippen molar-refractivity contribution >= 4 is 5.91 Å². The second-order valence-electron chi connectivity index (χ2n) is 5.34. The van der Waals surface area contributed by atoms with Gasteiger partial charge in [0, 0.05) is 12.6 Å². The van der Waals surface area contributed by atoms with E-state index in [1.165, 1.54) is 0 Å². The average Bonchev–Trinajstić information content (AvgIpc) is 2.89. The molecular weight excluding hydrogens is 256 g/mol. The summed E-state index contributed by atoms with van der Waals surface area (Å²) in [4.78, 5) is 12.0. The SMILES string of the molecule is NC(CC1CCCO1)c1ccc2c(c1)C(=O)NCCO2. The Hall–Kier alpha value is -1.59. The monoisotopic (exact) mass is 276 g/mol. The van der Waals surface area contributed by atoms with Crippen LogP contribution in [0.4, 0.5) is 0 Å². The van der Waals surface area contributed by atoms with Gasteiger partial charge >= 0.3 is 0 Å². The smallest absolute Gasteiger partial charge is 0.255 e. The first-order chi connectivity index (χ1) is 9.74. The van der Waals surface area contributed by atoms with E-state index in [4.69, 9.17) is 15.2 Å². The van der Waals surface area contributed by atoms with Crippen LogP contribution in [0.25, 0.3) is 0 Å². The molecule has 5 heteroatoms. The maximum Gasteiger partial charge on any atom is 0.255 e. The summed E-state index contributed by atoms with van der Waals surface area (Å²) in [7, 11) is 0. The molecule has 1 saturated heterocycles. The Balaban J connectivity index is 1.78. The van der Waals surface area contributed by atoms with E-state index in [0.717, 1.165) is 31.4 Å². The Morgan fingerprint density at radius 1 is 1.40 bits per heavy atom. The van der Waals surface area contributed by atoms with Crippen molar-refractivity contribution in [2.75, 3.05) is 19.8 Å². The van der Waals surface area contributed by atoms with Gasteiger partial charge in [0.15, 0.2) is 0 Å². The predicted octanol–water partition coefficient (Wildman–Crippen LogP) is 1.38.